The molecule has 13 nitrogen and oxygen atoms in total. The summed E-state index contributed by atoms with van der Waals surface area (Å²) in [6.07, 6.45) is 0.615. The molecule has 350 valence electrons. The van der Waals surface area contributed by atoms with Crippen molar-refractivity contribution in [2.24, 2.45) is 15.8 Å². The van der Waals surface area contributed by atoms with E-state index in [0.29, 0.717) is 51.3 Å². The Labute approximate surface area is 388 Å². The van der Waals surface area contributed by atoms with Crippen LogP contribution in [0.4, 0.5) is 28.4 Å². The molecule has 15 heteroatoms. The predicted molar refractivity (Wildman–Crippen MR) is 264 cm³/mol. The SMILES string of the molecule is Cc1cc(C)c(NC(=O)CC(C)(C)C)c(C)c1N=c1cc2oc3cc(Nc4c(C)cc(C)c(NC(=O)CC(C)(C)C)c4C)ccc3c(-c3ccccc3S(=O)(=O)O)c-2cc1S(=O)(=O)N(C)C. The highest BCUT2D eigenvalue weighted by atomic mass is 32.2. The van der Waals surface area contributed by atoms with Crippen molar-refractivity contribution >= 4 is 71.4 Å². The first-order chi connectivity index (χ1) is 30.5. The number of amides is 2. The summed E-state index contributed by atoms with van der Waals surface area (Å²) in [5.41, 5.74) is 8.43. The number of nitrogens with one attached hydrogen (secondary N) is 3. The number of carbonyl (C=O) groups excluding carboxylic acids is 2. The van der Waals surface area contributed by atoms with Gasteiger partial charge >= 0.3 is 0 Å². The molecule has 0 aromatic heterocycles. The van der Waals surface area contributed by atoms with Crippen molar-refractivity contribution in [2.75, 3.05) is 30.0 Å². The Kier molecular flexibility index (Phi) is 13.6. The van der Waals surface area contributed by atoms with E-state index >= 15 is 0 Å². The Morgan fingerprint density at radius 2 is 1.21 bits per heavy atom. The van der Waals surface area contributed by atoms with Crippen LogP contribution in [-0.2, 0) is 29.7 Å². The van der Waals surface area contributed by atoms with Gasteiger partial charge in [0.25, 0.3) is 10.1 Å². The molecule has 1 aliphatic heterocycles. The third-order valence-electron chi connectivity index (χ3n) is 11.3. The fourth-order valence-corrected chi connectivity index (χ4v) is 10.1. The summed E-state index contributed by atoms with van der Waals surface area (Å²) >= 11 is 0. The van der Waals surface area contributed by atoms with Crippen LogP contribution in [0.5, 0.6) is 0 Å². The van der Waals surface area contributed by atoms with Crippen molar-refractivity contribution in [1.82, 2.24) is 4.31 Å². The molecular formula is C51H61N5O8S2. The number of sulfonamides is 1. The second kappa shape index (κ2) is 18.1. The number of benzene rings is 5. The number of anilines is 4. The second-order valence-corrected chi connectivity index (χ2v) is 23.3. The van der Waals surface area contributed by atoms with Crippen molar-refractivity contribution < 1.29 is 35.4 Å². The van der Waals surface area contributed by atoms with Gasteiger partial charge in [0.1, 0.15) is 21.1 Å². The smallest absolute Gasteiger partial charge is 0.295 e. The summed E-state index contributed by atoms with van der Waals surface area (Å²) < 4.78 is 72.9. The van der Waals surface area contributed by atoms with Gasteiger partial charge in [0.2, 0.25) is 21.8 Å². The van der Waals surface area contributed by atoms with Crippen molar-refractivity contribution in [3.05, 3.63) is 105 Å². The molecule has 0 atom stereocenters. The monoisotopic (exact) mass is 935 g/mol. The number of rotatable bonds is 11. The van der Waals surface area contributed by atoms with E-state index in [9.17, 15) is 31.0 Å². The van der Waals surface area contributed by atoms with E-state index in [2.05, 4.69) is 16.0 Å². The molecule has 0 saturated heterocycles. The molecule has 0 fully saturated rings. The van der Waals surface area contributed by atoms with Crippen LogP contribution < -0.4 is 21.3 Å². The van der Waals surface area contributed by atoms with Crippen LogP contribution in [0, 0.1) is 52.4 Å². The topological polar surface area (TPSA) is 187 Å². The maximum Gasteiger partial charge on any atom is 0.295 e. The third kappa shape index (κ3) is 10.5. The van der Waals surface area contributed by atoms with E-state index in [4.69, 9.17) is 9.41 Å². The Balaban J connectivity index is 1.66. The molecule has 6 rings (SSSR count). The Hall–Kier alpha value is -5.87. The summed E-state index contributed by atoms with van der Waals surface area (Å²) in [5.74, 6) is -0.0940. The molecule has 1 heterocycles. The molecule has 4 aromatic rings. The molecule has 66 heavy (non-hydrogen) atoms. The first kappa shape index (κ1) is 49.6. The van der Waals surface area contributed by atoms with E-state index < -0.39 is 20.1 Å². The second-order valence-electron chi connectivity index (χ2n) is 19.8. The van der Waals surface area contributed by atoms with Gasteiger partial charge < -0.3 is 20.4 Å². The molecule has 0 spiro atoms. The lowest BCUT2D eigenvalue weighted by Gasteiger charge is -2.22. The van der Waals surface area contributed by atoms with Crippen LogP contribution in [0.1, 0.15) is 87.8 Å². The summed E-state index contributed by atoms with van der Waals surface area (Å²) in [6, 6.07) is 18.1. The van der Waals surface area contributed by atoms with Crippen LogP contribution in [0.3, 0.4) is 0 Å². The Bertz CT molecular complexity index is 3210. The van der Waals surface area contributed by atoms with Gasteiger partial charge in [-0.25, -0.2) is 17.7 Å². The zero-order valence-electron chi connectivity index (χ0n) is 40.3. The van der Waals surface area contributed by atoms with Crippen LogP contribution >= 0.6 is 0 Å². The van der Waals surface area contributed by atoms with Gasteiger partial charge in [0, 0.05) is 83.9 Å². The number of fused-ring (bicyclic) bond motifs is 2. The molecule has 1 aliphatic carbocycles. The number of nitrogens with zero attached hydrogens (tertiary/aromatic N) is 2. The van der Waals surface area contributed by atoms with Crippen molar-refractivity contribution in [3.63, 3.8) is 0 Å². The minimum Gasteiger partial charge on any atom is -0.456 e. The summed E-state index contributed by atoms with van der Waals surface area (Å²) in [5, 5.41) is 10.2. The average Bonchev–Trinajstić information content (AvgIpc) is 3.18. The molecule has 4 N–H and O–H groups in total. The van der Waals surface area contributed by atoms with Gasteiger partial charge in [-0.2, -0.15) is 8.42 Å². The van der Waals surface area contributed by atoms with Crippen molar-refractivity contribution in [2.45, 2.75) is 106 Å². The number of carbonyl (C=O) groups is 2. The van der Waals surface area contributed by atoms with E-state index in [1.165, 1.54) is 38.4 Å². The first-order valence-corrected chi connectivity index (χ1v) is 24.5. The summed E-state index contributed by atoms with van der Waals surface area (Å²) in [6.45, 7) is 23.4. The standard InChI is InChI=1S/C51H61N5O8S2/c1-28-21-30(3)48(54-43(57)26-50(7,8)9)32(5)46(28)52-34-19-20-35-39(23-34)64-40-25-38(53-47-29(2)22-31(4)49(33(47)6)55-44(58)27-51(10,11)12)42(65(59,60)56(13)14)24-37(40)45(35)36-17-15-16-18-41(36)66(61,62)63/h15-25,52H,26-27H2,1-14H3,(H,54,57)(H,55,58)(H,61,62,63). The molecule has 0 radical (unpaired) electrons. The van der Waals surface area contributed by atoms with Crippen molar-refractivity contribution in [1.29, 1.82) is 0 Å². The van der Waals surface area contributed by atoms with E-state index in [-0.39, 0.29) is 61.1 Å². The van der Waals surface area contributed by atoms with Gasteiger partial charge in [-0.3, -0.25) is 14.1 Å². The first-order valence-electron chi connectivity index (χ1n) is 21.6. The molecular weight excluding hydrogens is 875 g/mol. The highest BCUT2D eigenvalue weighted by Crippen LogP contribution is 2.45. The largest absolute Gasteiger partial charge is 0.456 e. The fraction of sp³-hybridized carbons (Fsp3) is 0.353. The number of hydrogen-bond donors (Lipinski definition) is 4. The minimum atomic E-state index is -4.79. The van der Waals surface area contributed by atoms with Gasteiger partial charge in [-0.05, 0) is 110 Å². The molecule has 2 amide bonds. The van der Waals surface area contributed by atoms with Crippen LogP contribution in [0.2, 0.25) is 0 Å². The highest BCUT2D eigenvalue weighted by Gasteiger charge is 2.29. The lowest BCUT2D eigenvalue weighted by Crippen LogP contribution is -2.28. The minimum absolute atomic E-state index is 0.0385. The van der Waals surface area contributed by atoms with Crippen LogP contribution in [0.15, 0.2) is 85.9 Å². The number of aryl methyl sites for hydroxylation is 4. The third-order valence-corrected chi connectivity index (χ3v) is 14.1. The van der Waals surface area contributed by atoms with Gasteiger partial charge in [0.05, 0.1) is 11.0 Å². The summed E-state index contributed by atoms with van der Waals surface area (Å²) in [7, 11) is -6.22. The lowest BCUT2D eigenvalue weighted by molar-refractivity contribution is -0.118. The summed E-state index contributed by atoms with van der Waals surface area (Å²) in [4.78, 5) is 30.7. The molecule has 0 saturated carbocycles. The zero-order chi connectivity index (χ0) is 49.0. The van der Waals surface area contributed by atoms with E-state index in [1.54, 1.807) is 30.3 Å². The maximum absolute atomic E-state index is 14.3. The molecule has 2 aliphatic rings. The lowest BCUT2D eigenvalue weighted by atomic mass is 9.91. The highest BCUT2D eigenvalue weighted by molar-refractivity contribution is 7.89. The van der Waals surface area contributed by atoms with E-state index in [1.807, 2.05) is 95.2 Å². The van der Waals surface area contributed by atoms with Gasteiger partial charge in [-0.15, -0.1) is 0 Å². The predicted octanol–water partition coefficient (Wildman–Crippen LogP) is 11.3. The molecule has 4 aromatic carbocycles. The van der Waals surface area contributed by atoms with Crippen LogP contribution in [0.25, 0.3) is 33.4 Å². The normalized spacial score (nSPS) is 12.9. The Morgan fingerprint density at radius 3 is 1.77 bits per heavy atom. The number of hydrogen-bond acceptors (Lipinski definition) is 9. The Morgan fingerprint density at radius 1 is 0.667 bits per heavy atom. The average molecular weight is 936 g/mol. The molecule has 0 unspecified atom stereocenters. The zero-order valence-corrected chi connectivity index (χ0v) is 41.9. The maximum atomic E-state index is 14.3. The quantitative estimate of drug-likeness (QED) is 0.0724. The van der Waals surface area contributed by atoms with Gasteiger partial charge in [-0.1, -0.05) is 71.9 Å². The molecule has 0 bridgehead atoms. The van der Waals surface area contributed by atoms with Gasteiger partial charge in [0.15, 0.2) is 0 Å². The van der Waals surface area contributed by atoms with Crippen LogP contribution in [-0.4, -0.2) is 51.6 Å². The fourth-order valence-electron chi connectivity index (χ4n) is 8.37. The van der Waals surface area contributed by atoms with E-state index in [0.717, 1.165) is 37.8 Å². The van der Waals surface area contributed by atoms with Crippen molar-refractivity contribution in [3.8, 4) is 22.5 Å².